The van der Waals surface area contributed by atoms with E-state index in [1.54, 1.807) is 0 Å². The Labute approximate surface area is 145 Å². The summed E-state index contributed by atoms with van der Waals surface area (Å²) in [7, 11) is 0. The van der Waals surface area contributed by atoms with Gasteiger partial charge in [0, 0.05) is 6.42 Å². The first-order valence-electron chi connectivity index (χ1n) is 9.20. The lowest BCUT2D eigenvalue weighted by Crippen LogP contribution is -2.42. The third-order valence-electron chi connectivity index (χ3n) is 4.29. The number of rotatable bonds is 10. The molecule has 23 heavy (non-hydrogen) atoms. The molecule has 0 N–H and O–H groups in total. The molecule has 0 aromatic rings. The fraction of sp³-hybridized carbons (Fsp3) is 1.00. The van der Waals surface area contributed by atoms with E-state index in [4.69, 9.17) is 14.2 Å². The van der Waals surface area contributed by atoms with E-state index in [0.29, 0.717) is 12.5 Å². The third kappa shape index (κ3) is 9.69. The average molecular weight is 331 g/mol. The zero-order chi connectivity index (χ0) is 18.5. The SMILES string of the molecule is CCC(C)(OCC(CC(C)(C)OC(C)(C)C)OC(C)C)C(C)C. The molecule has 0 radical (unpaired) electrons. The van der Waals surface area contributed by atoms with Crippen molar-refractivity contribution < 1.29 is 14.2 Å². The summed E-state index contributed by atoms with van der Waals surface area (Å²) in [4.78, 5) is 0. The van der Waals surface area contributed by atoms with E-state index in [0.717, 1.165) is 12.8 Å². The predicted octanol–water partition coefficient (Wildman–Crippen LogP) is 5.61. The van der Waals surface area contributed by atoms with E-state index in [9.17, 15) is 0 Å². The van der Waals surface area contributed by atoms with Gasteiger partial charge in [0.1, 0.15) is 0 Å². The standard InChI is InChI=1S/C20H42O3/c1-12-20(11,15(2)3)21-14-17(22-16(4)5)13-19(9,10)23-18(6,7)8/h15-17H,12-14H2,1-11H3. The lowest BCUT2D eigenvalue weighted by molar-refractivity contribution is -0.163. The van der Waals surface area contributed by atoms with Crippen LogP contribution in [0.2, 0.25) is 0 Å². The second kappa shape index (κ2) is 8.82. The summed E-state index contributed by atoms with van der Waals surface area (Å²) in [6.07, 6.45) is 2.04. The molecule has 0 aliphatic carbocycles. The van der Waals surface area contributed by atoms with Crippen molar-refractivity contribution >= 4 is 0 Å². The topological polar surface area (TPSA) is 27.7 Å². The molecule has 0 aromatic heterocycles. The quantitative estimate of drug-likeness (QED) is 0.521. The van der Waals surface area contributed by atoms with Gasteiger partial charge in [0.25, 0.3) is 0 Å². The van der Waals surface area contributed by atoms with Crippen molar-refractivity contribution in [2.75, 3.05) is 6.61 Å². The molecule has 0 aliphatic rings. The Morgan fingerprint density at radius 2 is 1.39 bits per heavy atom. The van der Waals surface area contributed by atoms with Crippen LogP contribution in [0.4, 0.5) is 0 Å². The van der Waals surface area contributed by atoms with Gasteiger partial charge in [-0.15, -0.1) is 0 Å². The van der Waals surface area contributed by atoms with Crippen LogP contribution in [0.25, 0.3) is 0 Å². The third-order valence-corrected chi connectivity index (χ3v) is 4.29. The molecule has 0 saturated heterocycles. The van der Waals surface area contributed by atoms with Gasteiger partial charge in [-0.3, -0.25) is 0 Å². The normalized spacial score (nSPS) is 17.6. The van der Waals surface area contributed by atoms with Gasteiger partial charge in [-0.1, -0.05) is 20.8 Å². The maximum absolute atomic E-state index is 6.30. The fourth-order valence-corrected chi connectivity index (χ4v) is 2.91. The Kier molecular flexibility index (Phi) is 8.78. The molecule has 0 aliphatic heterocycles. The van der Waals surface area contributed by atoms with Crippen molar-refractivity contribution in [1.29, 1.82) is 0 Å². The molecule has 2 atom stereocenters. The van der Waals surface area contributed by atoms with Crippen LogP contribution in [0, 0.1) is 5.92 Å². The molecule has 0 spiro atoms. The molecule has 0 amide bonds. The summed E-state index contributed by atoms with van der Waals surface area (Å²) in [6.45, 7) is 24.1. The van der Waals surface area contributed by atoms with E-state index in [2.05, 4.69) is 76.2 Å². The maximum Gasteiger partial charge on any atom is 0.0839 e. The molecule has 0 heterocycles. The van der Waals surface area contributed by atoms with E-state index >= 15 is 0 Å². The van der Waals surface area contributed by atoms with Crippen LogP contribution in [0.1, 0.15) is 89.0 Å². The molecule has 3 nitrogen and oxygen atoms in total. The first-order valence-corrected chi connectivity index (χ1v) is 9.20. The lowest BCUT2D eigenvalue weighted by atomic mass is 9.89. The lowest BCUT2D eigenvalue weighted by Gasteiger charge is -2.39. The van der Waals surface area contributed by atoms with Gasteiger partial charge >= 0.3 is 0 Å². The van der Waals surface area contributed by atoms with Crippen molar-refractivity contribution in [2.45, 2.75) is 118 Å². The summed E-state index contributed by atoms with van der Waals surface area (Å²) in [5.41, 5.74) is -0.516. The minimum Gasteiger partial charge on any atom is -0.373 e. The highest BCUT2D eigenvalue weighted by Gasteiger charge is 2.33. The van der Waals surface area contributed by atoms with Gasteiger partial charge in [0.2, 0.25) is 0 Å². The summed E-state index contributed by atoms with van der Waals surface area (Å²) < 4.78 is 18.6. The molecule has 3 heteroatoms. The van der Waals surface area contributed by atoms with Gasteiger partial charge in [0.05, 0.1) is 35.6 Å². The van der Waals surface area contributed by atoms with Gasteiger partial charge < -0.3 is 14.2 Å². The average Bonchev–Trinajstić information content (AvgIpc) is 2.31. The van der Waals surface area contributed by atoms with E-state index in [-0.39, 0.29) is 29.0 Å². The number of hydrogen-bond acceptors (Lipinski definition) is 3. The molecule has 0 rings (SSSR count). The van der Waals surface area contributed by atoms with Crippen LogP contribution in [-0.4, -0.2) is 35.6 Å². The smallest absolute Gasteiger partial charge is 0.0839 e. The zero-order valence-corrected chi connectivity index (χ0v) is 17.6. The summed E-state index contributed by atoms with van der Waals surface area (Å²) in [5, 5.41) is 0. The molecule has 0 saturated carbocycles. The first-order chi connectivity index (χ1) is 10.2. The number of hydrogen-bond donors (Lipinski definition) is 0. The van der Waals surface area contributed by atoms with Crippen molar-refractivity contribution in [3.63, 3.8) is 0 Å². The fourth-order valence-electron chi connectivity index (χ4n) is 2.91. The highest BCUT2D eigenvalue weighted by atomic mass is 16.6. The van der Waals surface area contributed by atoms with Gasteiger partial charge in [-0.05, 0) is 67.7 Å². The van der Waals surface area contributed by atoms with Gasteiger partial charge in [-0.2, -0.15) is 0 Å². The van der Waals surface area contributed by atoms with E-state index in [1.807, 2.05) is 0 Å². The van der Waals surface area contributed by atoms with E-state index < -0.39 is 0 Å². The molecule has 0 fully saturated rings. The molecule has 0 bridgehead atoms. The Hall–Kier alpha value is -0.120. The summed E-state index contributed by atoms with van der Waals surface area (Å²) >= 11 is 0. The van der Waals surface area contributed by atoms with Gasteiger partial charge in [0.15, 0.2) is 0 Å². The van der Waals surface area contributed by atoms with E-state index in [1.165, 1.54) is 0 Å². The van der Waals surface area contributed by atoms with Crippen LogP contribution >= 0.6 is 0 Å². The van der Waals surface area contributed by atoms with Crippen LogP contribution in [0.3, 0.4) is 0 Å². The Morgan fingerprint density at radius 3 is 1.74 bits per heavy atom. The Bertz CT molecular complexity index is 328. The predicted molar refractivity (Wildman–Crippen MR) is 99.0 cm³/mol. The first kappa shape index (κ1) is 22.9. The summed E-state index contributed by atoms with van der Waals surface area (Å²) in [5.74, 6) is 0.478. The molecule has 0 aromatic carbocycles. The van der Waals surface area contributed by atoms with Gasteiger partial charge in [-0.25, -0.2) is 0 Å². The minimum absolute atomic E-state index is 0.0389. The van der Waals surface area contributed by atoms with Crippen LogP contribution in [-0.2, 0) is 14.2 Å². The zero-order valence-electron chi connectivity index (χ0n) is 17.6. The molecule has 140 valence electrons. The monoisotopic (exact) mass is 330 g/mol. The van der Waals surface area contributed by atoms with Crippen molar-refractivity contribution in [1.82, 2.24) is 0 Å². The van der Waals surface area contributed by atoms with Crippen molar-refractivity contribution in [3.8, 4) is 0 Å². The van der Waals surface area contributed by atoms with Crippen LogP contribution in [0.15, 0.2) is 0 Å². The largest absolute Gasteiger partial charge is 0.373 e. The van der Waals surface area contributed by atoms with Crippen LogP contribution in [0.5, 0.6) is 0 Å². The Morgan fingerprint density at radius 1 is 0.870 bits per heavy atom. The molecular weight excluding hydrogens is 288 g/mol. The molecular formula is C20H42O3. The second-order valence-corrected chi connectivity index (χ2v) is 9.12. The van der Waals surface area contributed by atoms with Crippen LogP contribution < -0.4 is 0 Å². The second-order valence-electron chi connectivity index (χ2n) is 9.12. The highest BCUT2D eigenvalue weighted by Crippen LogP contribution is 2.29. The highest BCUT2D eigenvalue weighted by molar-refractivity contribution is 4.82. The number of ether oxygens (including phenoxy) is 3. The Balaban J connectivity index is 4.89. The maximum atomic E-state index is 6.30. The van der Waals surface area contributed by atoms with Crippen molar-refractivity contribution in [2.24, 2.45) is 5.92 Å². The van der Waals surface area contributed by atoms with Crippen molar-refractivity contribution in [3.05, 3.63) is 0 Å². The summed E-state index contributed by atoms with van der Waals surface area (Å²) in [6, 6.07) is 0. The molecule has 2 unspecified atom stereocenters. The minimum atomic E-state index is -0.248.